The Bertz CT molecular complexity index is 1580. The second-order valence-electron chi connectivity index (χ2n) is 10.1. The lowest BCUT2D eigenvalue weighted by Gasteiger charge is -2.27. The highest BCUT2D eigenvalue weighted by Crippen LogP contribution is 2.32. The first-order valence-electron chi connectivity index (χ1n) is 13.0. The van der Waals surface area contributed by atoms with Crippen molar-refractivity contribution in [2.75, 3.05) is 13.1 Å². The molecule has 0 radical (unpaired) electrons. The smallest absolute Gasteiger partial charge is 0.331 e. The van der Waals surface area contributed by atoms with Gasteiger partial charge in [-0.1, -0.05) is 0 Å². The Labute approximate surface area is 213 Å². The molecule has 4 aromatic heterocycles. The first-order chi connectivity index (χ1) is 18.0. The van der Waals surface area contributed by atoms with Crippen LogP contribution in [0, 0.1) is 11.3 Å². The topological polar surface area (TPSA) is 121 Å². The highest BCUT2D eigenvalue weighted by Gasteiger charge is 2.28. The van der Waals surface area contributed by atoms with E-state index in [1.807, 2.05) is 17.0 Å². The van der Waals surface area contributed by atoms with Crippen LogP contribution in [-0.2, 0) is 11.3 Å². The van der Waals surface area contributed by atoms with Gasteiger partial charge in [-0.05, 0) is 69.2 Å². The van der Waals surface area contributed by atoms with Crippen LogP contribution in [0.2, 0.25) is 0 Å². The number of piperidine rings is 1. The average Bonchev–Trinajstić information content (AvgIpc) is 3.47. The summed E-state index contributed by atoms with van der Waals surface area (Å²) in [5, 5.41) is 23.8. The van der Waals surface area contributed by atoms with E-state index in [1.54, 1.807) is 38.2 Å². The predicted octanol–water partition coefficient (Wildman–Crippen LogP) is 2.87. The molecule has 2 aliphatic rings. The van der Waals surface area contributed by atoms with Gasteiger partial charge in [0, 0.05) is 30.9 Å². The van der Waals surface area contributed by atoms with Crippen molar-refractivity contribution in [3.8, 4) is 17.3 Å². The van der Waals surface area contributed by atoms with Crippen LogP contribution in [0.5, 0.6) is 0 Å². The Morgan fingerprint density at radius 3 is 2.62 bits per heavy atom. The van der Waals surface area contributed by atoms with Crippen molar-refractivity contribution < 1.29 is 9.90 Å². The lowest BCUT2D eigenvalue weighted by atomic mass is 9.93. The minimum atomic E-state index is -0.349. The molecule has 1 saturated heterocycles. The number of pyridine rings is 2. The zero-order valence-electron chi connectivity index (χ0n) is 20.6. The van der Waals surface area contributed by atoms with Crippen LogP contribution in [0.3, 0.4) is 0 Å². The van der Waals surface area contributed by atoms with Gasteiger partial charge in [-0.3, -0.25) is 13.9 Å². The Morgan fingerprint density at radius 1 is 1.08 bits per heavy atom. The molecule has 1 aliphatic heterocycles. The number of rotatable bonds is 4. The quantitative estimate of drug-likeness (QED) is 0.461. The second kappa shape index (κ2) is 9.48. The largest absolute Gasteiger partial charge is 0.393 e. The number of aliphatic hydroxyl groups excluding tert-OH is 1. The number of hydrogen-bond donors (Lipinski definition) is 1. The van der Waals surface area contributed by atoms with Gasteiger partial charge >= 0.3 is 5.69 Å². The number of amides is 1. The maximum Gasteiger partial charge on any atom is 0.331 e. The molecule has 10 heteroatoms. The summed E-state index contributed by atoms with van der Waals surface area (Å²) < 4.78 is 4.97. The molecule has 10 nitrogen and oxygen atoms in total. The van der Waals surface area contributed by atoms with E-state index in [4.69, 9.17) is 4.98 Å². The van der Waals surface area contributed by atoms with Gasteiger partial charge in [0.1, 0.15) is 6.54 Å². The third-order valence-corrected chi connectivity index (χ3v) is 7.77. The molecular weight excluding hydrogens is 470 g/mol. The van der Waals surface area contributed by atoms with Crippen LogP contribution in [0.1, 0.15) is 56.6 Å². The van der Waals surface area contributed by atoms with Crippen molar-refractivity contribution in [3.63, 3.8) is 0 Å². The summed E-state index contributed by atoms with van der Waals surface area (Å²) in [4.78, 5) is 33.7. The van der Waals surface area contributed by atoms with Gasteiger partial charge in [0.15, 0.2) is 5.65 Å². The van der Waals surface area contributed by atoms with Gasteiger partial charge in [-0.2, -0.15) is 10.4 Å². The van der Waals surface area contributed by atoms with Crippen molar-refractivity contribution in [1.82, 2.24) is 28.6 Å². The normalized spacial score (nSPS) is 20.4. The first-order valence-corrected chi connectivity index (χ1v) is 13.0. The van der Waals surface area contributed by atoms with Crippen molar-refractivity contribution in [2.45, 2.75) is 63.6 Å². The maximum absolute atomic E-state index is 13.8. The summed E-state index contributed by atoms with van der Waals surface area (Å²) in [6.45, 7) is 1.45. The SMILES string of the molecule is N#Cc1ccn2ncc(-c3ccc4c(n3)n(C3CCC(O)CC3)c(=O)n4CC(=O)N3CCCCC3)c2c1. The van der Waals surface area contributed by atoms with Gasteiger partial charge in [0.25, 0.3) is 0 Å². The van der Waals surface area contributed by atoms with Gasteiger partial charge in [-0.25, -0.2) is 14.3 Å². The number of nitrogens with zero attached hydrogens (tertiary/aromatic N) is 7. The van der Waals surface area contributed by atoms with E-state index in [0.29, 0.717) is 48.1 Å². The molecule has 190 valence electrons. The minimum absolute atomic E-state index is 0.0129. The van der Waals surface area contributed by atoms with E-state index in [2.05, 4.69) is 11.2 Å². The molecule has 1 aliphatic carbocycles. The van der Waals surface area contributed by atoms with Crippen LogP contribution in [0.4, 0.5) is 0 Å². The zero-order chi connectivity index (χ0) is 25.5. The zero-order valence-corrected chi connectivity index (χ0v) is 20.6. The number of carbonyl (C=O) groups excluding carboxylic acids is 1. The van der Waals surface area contributed by atoms with Crippen LogP contribution >= 0.6 is 0 Å². The highest BCUT2D eigenvalue weighted by atomic mass is 16.3. The Hall–Kier alpha value is -3.97. The number of imidazole rings is 1. The van der Waals surface area contributed by atoms with E-state index in [9.17, 15) is 20.0 Å². The van der Waals surface area contributed by atoms with E-state index >= 15 is 0 Å². The van der Waals surface area contributed by atoms with E-state index in [0.717, 1.165) is 43.4 Å². The van der Waals surface area contributed by atoms with Crippen LogP contribution in [0.15, 0.2) is 41.5 Å². The number of aromatic nitrogens is 5. The number of nitriles is 1. The second-order valence-corrected chi connectivity index (χ2v) is 10.1. The van der Waals surface area contributed by atoms with Crippen molar-refractivity contribution >= 4 is 22.6 Å². The first kappa shape index (κ1) is 23.4. The maximum atomic E-state index is 13.8. The Morgan fingerprint density at radius 2 is 1.86 bits per heavy atom. The molecule has 5 heterocycles. The molecule has 1 saturated carbocycles. The van der Waals surface area contributed by atoms with Gasteiger partial charge in [0.2, 0.25) is 5.91 Å². The summed E-state index contributed by atoms with van der Waals surface area (Å²) in [5.41, 5.74) is 3.59. The van der Waals surface area contributed by atoms with Crippen molar-refractivity contribution in [3.05, 3.63) is 52.7 Å². The molecule has 0 spiro atoms. The molecule has 0 atom stereocenters. The summed E-state index contributed by atoms with van der Waals surface area (Å²) in [6.07, 6.45) is 8.81. The number of hydrogen-bond acceptors (Lipinski definition) is 6. The molecule has 4 aromatic rings. The predicted molar refractivity (Wildman–Crippen MR) is 137 cm³/mol. The number of carbonyl (C=O) groups is 1. The monoisotopic (exact) mass is 499 g/mol. The van der Waals surface area contributed by atoms with Gasteiger partial charge in [0.05, 0.1) is 40.7 Å². The van der Waals surface area contributed by atoms with E-state index in [1.165, 1.54) is 0 Å². The molecule has 0 aromatic carbocycles. The van der Waals surface area contributed by atoms with Crippen molar-refractivity contribution in [1.29, 1.82) is 5.26 Å². The fraction of sp³-hybridized carbons (Fsp3) is 0.444. The standard InChI is InChI=1S/C27H29N7O3/c28-15-18-10-13-33-24(14-18)21(16-29-33)22-8-9-23-26(30-22)34(19-4-6-20(35)7-5-19)27(37)32(23)17-25(36)31-11-2-1-3-12-31/h8-10,13-14,16,19-20,35H,1-7,11-12,17H2. The lowest BCUT2D eigenvalue weighted by molar-refractivity contribution is -0.132. The average molecular weight is 500 g/mol. The number of fused-ring (bicyclic) bond motifs is 2. The third kappa shape index (κ3) is 4.19. The molecule has 1 amide bonds. The Kier molecular flexibility index (Phi) is 6.00. The molecule has 0 unspecified atom stereocenters. The molecule has 37 heavy (non-hydrogen) atoms. The fourth-order valence-electron chi connectivity index (χ4n) is 5.73. The van der Waals surface area contributed by atoms with E-state index < -0.39 is 0 Å². The molecule has 2 fully saturated rings. The number of likely N-dealkylation sites (tertiary alicyclic amines) is 1. The molecule has 1 N–H and O–H groups in total. The number of aliphatic hydroxyl groups is 1. The minimum Gasteiger partial charge on any atom is -0.393 e. The summed E-state index contributed by atoms with van der Waals surface area (Å²) >= 11 is 0. The summed E-state index contributed by atoms with van der Waals surface area (Å²) in [7, 11) is 0. The summed E-state index contributed by atoms with van der Waals surface area (Å²) in [6, 6.07) is 9.24. The lowest BCUT2D eigenvalue weighted by Crippen LogP contribution is -2.40. The van der Waals surface area contributed by atoms with E-state index in [-0.39, 0.29) is 30.3 Å². The highest BCUT2D eigenvalue weighted by molar-refractivity contribution is 5.84. The van der Waals surface area contributed by atoms with Crippen molar-refractivity contribution in [2.24, 2.45) is 0 Å². The summed E-state index contributed by atoms with van der Waals surface area (Å²) in [5.74, 6) is -0.0457. The van der Waals surface area contributed by atoms with Gasteiger partial charge < -0.3 is 10.0 Å². The van der Waals surface area contributed by atoms with Crippen LogP contribution in [0.25, 0.3) is 27.9 Å². The molecule has 6 rings (SSSR count). The van der Waals surface area contributed by atoms with Crippen LogP contribution < -0.4 is 5.69 Å². The van der Waals surface area contributed by atoms with Crippen LogP contribution in [-0.4, -0.2) is 58.8 Å². The van der Waals surface area contributed by atoms with Gasteiger partial charge in [-0.15, -0.1) is 0 Å². The fourth-order valence-corrected chi connectivity index (χ4v) is 5.73. The molecule has 0 bridgehead atoms. The molecular formula is C27H29N7O3. The Balaban J connectivity index is 1.47. The third-order valence-electron chi connectivity index (χ3n) is 7.77.